The molecule has 0 aliphatic heterocycles. The Morgan fingerprint density at radius 3 is 2.44 bits per heavy atom. The smallest absolute Gasteiger partial charge is 0.325 e. The molecular formula is C10H21N3O2S. The molecule has 94 valence electrons. The maximum atomic E-state index is 11.8. The number of carbonyl (C=O) groups is 1. The number of nitrogens with one attached hydrogen (secondary N) is 2. The Hall–Kier alpha value is -0.880. The Morgan fingerprint density at radius 2 is 2.06 bits per heavy atom. The minimum atomic E-state index is -0.492. The maximum absolute atomic E-state index is 11.8. The Kier molecular flexibility index (Phi) is 6.28. The van der Waals surface area contributed by atoms with E-state index in [1.54, 1.807) is 0 Å². The van der Waals surface area contributed by atoms with Gasteiger partial charge < -0.3 is 10.5 Å². The molecule has 0 unspecified atom stereocenters. The van der Waals surface area contributed by atoms with Crippen LogP contribution in [0.3, 0.4) is 0 Å². The Balaban J connectivity index is 4.29. The molecule has 0 bridgehead atoms. The lowest BCUT2D eigenvalue weighted by Crippen LogP contribution is -2.51. The highest BCUT2D eigenvalue weighted by Crippen LogP contribution is 2.10. The molecule has 0 aromatic heterocycles. The molecular weight excluding hydrogens is 226 g/mol. The first-order valence-electron chi connectivity index (χ1n) is 5.30. The van der Waals surface area contributed by atoms with Gasteiger partial charge in [-0.05, 0) is 39.4 Å². The molecule has 5 nitrogen and oxygen atoms in total. The lowest BCUT2D eigenvalue weighted by molar-refractivity contribution is -0.157. The largest absolute Gasteiger partial charge is 0.459 e. The van der Waals surface area contributed by atoms with Gasteiger partial charge in [-0.3, -0.25) is 10.2 Å². The zero-order valence-electron chi connectivity index (χ0n) is 10.3. The quantitative estimate of drug-likeness (QED) is 0.379. The van der Waals surface area contributed by atoms with Crippen LogP contribution in [0.4, 0.5) is 0 Å². The third-order valence-electron chi connectivity index (χ3n) is 1.64. The van der Waals surface area contributed by atoms with Gasteiger partial charge in [-0.2, -0.15) is 0 Å². The molecule has 0 aromatic carbocycles. The monoisotopic (exact) mass is 247 g/mol. The number of nitrogens with two attached hydrogens (primary N) is 1. The molecule has 0 aliphatic rings. The van der Waals surface area contributed by atoms with E-state index >= 15 is 0 Å². The highest BCUT2D eigenvalue weighted by molar-refractivity contribution is 7.80. The highest BCUT2D eigenvalue weighted by atomic mass is 32.1. The number of esters is 1. The van der Waals surface area contributed by atoms with Crippen LogP contribution in [-0.4, -0.2) is 22.7 Å². The van der Waals surface area contributed by atoms with Crippen molar-refractivity contribution in [3.8, 4) is 0 Å². The maximum Gasteiger partial charge on any atom is 0.325 e. The summed E-state index contributed by atoms with van der Waals surface area (Å²) in [6.07, 6.45) is 1.51. The van der Waals surface area contributed by atoms with Crippen LogP contribution in [0, 0.1) is 0 Å². The number of hydrogen-bond acceptors (Lipinski definition) is 4. The Labute approximate surface area is 102 Å². The average Bonchev–Trinajstić information content (AvgIpc) is 2.08. The summed E-state index contributed by atoms with van der Waals surface area (Å²) in [6, 6.07) is -0.439. The summed E-state index contributed by atoms with van der Waals surface area (Å²) in [4.78, 5) is 11.8. The van der Waals surface area contributed by atoms with Crippen molar-refractivity contribution in [2.45, 2.75) is 52.2 Å². The summed E-state index contributed by atoms with van der Waals surface area (Å²) >= 11 is 4.65. The lowest BCUT2D eigenvalue weighted by atomic mass is 10.1. The minimum absolute atomic E-state index is 0.102. The van der Waals surface area contributed by atoms with Crippen molar-refractivity contribution in [1.29, 1.82) is 0 Å². The van der Waals surface area contributed by atoms with Crippen molar-refractivity contribution < 1.29 is 9.53 Å². The molecule has 0 spiro atoms. The van der Waals surface area contributed by atoms with E-state index in [1.165, 1.54) is 0 Å². The van der Waals surface area contributed by atoms with Crippen LogP contribution in [0.2, 0.25) is 0 Å². The number of carbonyl (C=O) groups excluding carboxylic acids is 1. The Bertz CT molecular complexity index is 251. The molecule has 16 heavy (non-hydrogen) atoms. The van der Waals surface area contributed by atoms with Crippen LogP contribution in [0.25, 0.3) is 0 Å². The third kappa shape index (κ3) is 7.42. The fraction of sp³-hybridized carbons (Fsp3) is 0.800. The molecule has 0 fully saturated rings. The second kappa shape index (κ2) is 6.65. The third-order valence-corrected chi connectivity index (χ3v) is 1.74. The summed E-state index contributed by atoms with van der Waals surface area (Å²) < 4.78 is 5.26. The van der Waals surface area contributed by atoms with Crippen LogP contribution >= 0.6 is 12.2 Å². The fourth-order valence-electron chi connectivity index (χ4n) is 1.07. The second-order valence-corrected chi connectivity index (χ2v) is 4.95. The van der Waals surface area contributed by atoms with Gasteiger partial charge in [-0.1, -0.05) is 13.3 Å². The summed E-state index contributed by atoms with van der Waals surface area (Å²) in [7, 11) is 0. The first kappa shape index (κ1) is 15.1. The minimum Gasteiger partial charge on any atom is -0.459 e. The SMILES string of the molecule is CCC[C@H](NNC(N)=S)C(=O)OC(C)(C)C. The van der Waals surface area contributed by atoms with Gasteiger partial charge in [0.1, 0.15) is 11.6 Å². The van der Waals surface area contributed by atoms with Crippen molar-refractivity contribution in [2.24, 2.45) is 5.73 Å². The number of ether oxygens (including phenoxy) is 1. The zero-order chi connectivity index (χ0) is 12.8. The molecule has 1 atom stereocenters. The first-order chi connectivity index (χ1) is 7.26. The molecule has 4 N–H and O–H groups in total. The molecule has 0 amide bonds. The molecule has 0 saturated carbocycles. The molecule has 0 rings (SSSR count). The van der Waals surface area contributed by atoms with Crippen molar-refractivity contribution in [1.82, 2.24) is 10.9 Å². The van der Waals surface area contributed by atoms with Gasteiger partial charge in [0.05, 0.1) is 0 Å². The molecule has 6 heteroatoms. The predicted octanol–water partition coefficient (Wildman–Crippen LogP) is 0.835. The van der Waals surface area contributed by atoms with E-state index < -0.39 is 11.6 Å². The second-order valence-electron chi connectivity index (χ2n) is 4.51. The normalized spacial score (nSPS) is 13.0. The molecule has 0 aromatic rings. The topological polar surface area (TPSA) is 76.4 Å². The predicted molar refractivity (Wildman–Crippen MR) is 67.6 cm³/mol. The van der Waals surface area contributed by atoms with E-state index in [0.717, 1.165) is 6.42 Å². The van der Waals surface area contributed by atoms with E-state index in [9.17, 15) is 4.79 Å². The van der Waals surface area contributed by atoms with Crippen LogP contribution in [-0.2, 0) is 9.53 Å². The van der Waals surface area contributed by atoms with Crippen molar-refractivity contribution in [3.05, 3.63) is 0 Å². The van der Waals surface area contributed by atoms with E-state index in [1.807, 2.05) is 27.7 Å². The molecule has 0 heterocycles. The van der Waals surface area contributed by atoms with Gasteiger partial charge in [-0.25, -0.2) is 5.43 Å². The summed E-state index contributed by atoms with van der Waals surface area (Å²) in [5, 5.41) is 0.102. The van der Waals surface area contributed by atoms with Crippen molar-refractivity contribution in [3.63, 3.8) is 0 Å². The summed E-state index contributed by atoms with van der Waals surface area (Å²) in [5.74, 6) is -0.307. The van der Waals surface area contributed by atoms with E-state index in [0.29, 0.717) is 6.42 Å². The summed E-state index contributed by atoms with van der Waals surface area (Å²) in [5.41, 5.74) is 10.1. The van der Waals surface area contributed by atoms with E-state index in [2.05, 4.69) is 23.1 Å². The average molecular weight is 247 g/mol. The molecule has 0 radical (unpaired) electrons. The van der Waals surface area contributed by atoms with Crippen LogP contribution in [0.5, 0.6) is 0 Å². The fourth-order valence-corrected chi connectivity index (χ4v) is 1.13. The van der Waals surface area contributed by atoms with Gasteiger partial charge in [0, 0.05) is 0 Å². The van der Waals surface area contributed by atoms with Crippen molar-refractivity contribution >= 4 is 23.3 Å². The van der Waals surface area contributed by atoms with Crippen LogP contribution < -0.4 is 16.6 Å². The van der Waals surface area contributed by atoms with E-state index in [-0.39, 0.29) is 11.1 Å². The van der Waals surface area contributed by atoms with Gasteiger partial charge in [0.15, 0.2) is 5.11 Å². The Morgan fingerprint density at radius 1 is 1.50 bits per heavy atom. The first-order valence-corrected chi connectivity index (χ1v) is 5.71. The van der Waals surface area contributed by atoms with Gasteiger partial charge in [0.2, 0.25) is 0 Å². The molecule has 0 saturated heterocycles. The standard InChI is InChI=1S/C10H21N3O2S/c1-5-6-7(12-13-9(11)16)8(14)15-10(2,3)4/h7,12H,5-6H2,1-4H3,(H3,11,13,16)/t7-/m0/s1. The number of thiocarbonyl (C=S) groups is 1. The number of hydrogen-bond donors (Lipinski definition) is 3. The highest BCUT2D eigenvalue weighted by Gasteiger charge is 2.24. The number of rotatable bonds is 5. The lowest BCUT2D eigenvalue weighted by Gasteiger charge is -2.24. The molecule has 0 aliphatic carbocycles. The van der Waals surface area contributed by atoms with Gasteiger partial charge >= 0.3 is 5.97 Å². The van der Waals surface area contributed by atoms with Crippen LogP contribution in [0.15, 0.2) is 0 Å². The van der Waals surface area contributed by atoms with Crippen molar-refractivity contribution in [2.75, 3.05) is 0 Å². The van der Waals surface area contributed by atoms with Gasteiger partial charge in [0.25, 0.3) is 0 Å². The van der Waals surface area contributed by atoms with Crippen LogP contribution in [0.1, 0.15) is 40.5 Å². The van der Waals surface area contributed by atoms with E-state index in [4.69, 9.17) is 10.5 Å². The number of hydrazine groups is 1. The zero-order valence-corrected chi connectivity index (χ0v) is 11.1. The summed E-state index contributed by atoms with van der Waals surface area (Å²) in [6.45, 7) is 7.47. The van der Waals surface area contributed by atoms with Gasteiger partial charge in [-0.15, -0.1) is 0 Å².